The van der Waals surface area contributed by atoms with E-state index in [1.807, 2.05) is 29.3 Å². The van der Waals surface area contributed by atoms with Crippen molar-refractivity contribution in [3.63, 3.8) is 0 Å². The molecule has 2 N–H and O–H groups in total. The van der Waals surface area contributed by atoms with Crippen molar-refractivity contribution in [1.82, 2.24) is 19.9 Å². The second-order valence-corrected chi connectivity index (χ2v) is 6.21. The van der Waals surface area contributed by atoms with Crippen LogP contribution in [0.15, 0.2) is 42.6 Å². The van der Waals surface area contributed by atoms with Gasteiger partial charge in [0.1, 0.15) is 5.82 Å². The van der Waals surface area contributed by atoms with Crippen molar-refractivity contribution in [3.8, 4) is 0 Å². The lowest BCUT2D eigenvalue weighted by atomic mass is 10.2. The number of halogens is 1. The monoisotopic (exact) mass is 354 g/mol. The lowest BCUT2D eigenvalue weighted by molar-refractivity contribution is 0.251. The van der Waals surface area contributed by atoms with Gasteiger partial charge in [0, 0.05) is 25.0 Å². The SMILES string of the molecule is O=C(NCc1nnc2ccccn12)Nc1ccc(N2CCCC2)c(F)c1. The van der Waals surface area contributed by atoms with Gasteiger partial charge < -0.3 is 15.5 Å². The smallest absolute Gasteiger partial charge is 0.319 e. The highest BCUT2D eigenvalue weighted by Crippen LogP contribution is 2.26. The number of fused-ring (bicyclic) bond motifs is 1. The molecule has 0 aliphatic carbocycles. The Morgan fingerprint density at radius 3 is 2.81 bits per heavy atom. The Morgan fingerprint density at radius 2 is 2.00 bits per heavy atom. The molecular formula is C18H19FN6O. The van der Waals surface area contributed by atoms with E-state index in [2.05, 4.69) is 20.8 Å². The van der Waals surface area contributed by atoms with Crippen LogP contribution in [0.2, 0.25) is 0 Å². The molecule has 0 unspecified atom stereocenters. The van der Waals surface area contributed by atoms with E-state index < -0.39 is 6.03 Å². The van der Waals surface area contributed by atoms with Gasteiger partial charge in [0.2, 0.25) is 0 Å². The van der Waals surface area contributed by atoms with Gasteiger partial charge in [0.15, 0.2) is 11.5 Å². The molecule has 1 saturated heterocycles. The Hall–Kier alpha value is -3.16. The number of amides is 2. The number of anilines is 2. The molecule has 0 bridgehead atoms. The quantitative estimate of drug-likeness (QED) is 0.756. The number of hydrogen-bond acceptors (Lipinski definition) is 4. The molecule has 0 atom stereocenters. The number of pyridine rings is 1. The zero-order chi connectivity index (χ0) is 17.9. The number of nitrogens with zero attached hydrogens (tertiary/aromatic N) is 4. The summed E-state index contributed by atoms with van der Waals surface area (Å²) in [5, 5.41) is 13.4. The molecule has 2 amide bonds. The lowest BCUT2D eigenvalue weighted by Gasteiger charge is -2.18. The highest BCUT2D eigenvalue weighted by atomic mass is 19.1. The van der Waals surface area contributed by atoms with E-state index in [1.165, 1.54) is 6.07 Å². The first-order valence-electron chi connectivity index (χ1n) is 8.59. The van der Waals surface area contributed by atoms with Crippen LogP contribution in [-0.4, -0.2) is 33.7 Å². The van der Waals surface area contributed by atoms with E-state index in [9.17, 15) is 9.18 Å². The molecule has 3 heterocycles. The number of carbonyl (C=O) groups is 1. The zero-order valence-electron chi connectivity index (χ0n) is 14.2. The van der Waals surface area contributed by atoms with Crippen molar-refractivity contribution in [2.45, 2.75) is 19.4 Å². The van der Waals surface area contributed by atoms with Gasteiger partial charge in [0.05, 0.1) is 12.2 Å². The summed E-state index contributed by atoms with van der Waals surface area (Å²) in [4.78, 5) is 14.1. The maximum Gasteiger partial charge on any atom is 0.319 e. The van der Waals surface area contributed by atoms with Crippen LogP contribution >= 0.6 is 0 Å². The van der Waals surface area contributed by atoms with Crippen molar-refractivity contribution in [3.05, 3.63) is 54.2 Å². The lowest BCUT2D eigenvalue weighted by Crippen LogP contribution is -2.29. The third kappa shape index (κ3) is 3.30. The van der Waals surface area contributed by atoms with Gasteiger partial charge in [0.25, 0.3) is 0 Å². The molecule has 1 aliphatic rings. The first kappa shape index (κ1) is 16.3. The second kappa shape index (κ2) is 6.99. The number of rotatable bonds is 4. The summed E-state index contributed by atoms with van der Waals surface area (Å²) in [5.41, 5.74) is 1.71. The molecule has 2 aromatic heterocycles. The van der Waals surface area contributed by atoms with E-state index in [0.29, 0.717) is 22.8 Å². The molecule has 8 heteroatoms. The molecule has 0 spiro atoms. The minimum Gasteiger partial charge on any atom is -0.369 e. The Kier molecular flexibility index (Phi) is 4.39. The van der Waals surface area contributed by atoms with E-state index in [-0.39, 0.29) is 12.4 Å². The third-order valence-electron chi connectivity index (χ3n) is 4.44. The van der Waals surface area contributed by atoms with Gasteiger partial charge in [-0.25, -0.2) is 9.18 Å². The maximum absolute atomic E-state index is 14.3. The fourth-order valence-electron chi connectivity index (χ4n) is 3.15. The predicted octanol–water partition coefficient (Wildman–Crippen LogP) is 2.79. The van der Waals surface area contributed by atoms with Crippen molar-refractivity contribution >= 4 is 23.1 Å². The van der Waals surface area contributed by atoms with Gasteiger partial charge in [-0.15, -0.1) is 10.2 Å². The minimum atomic E-state index is -0.425. The summed E-state index contributed by atoms with van der Waals surface area (Å²) >= 11 is 0. The highest BCUT2D eigenvalue weighted by molar-refractivity contribution is 5.89. The summed E-state index contributed by atoms with van der Waals surface area (Å²) in [6.45, 7) is 1.96. The molecule has 0 saturated carbocycles. The number of hydrogen-bond donors (Lipinski definition) is 2. The zero-order valence-corrected chi connectivity index (χ0v) is 14.2. The molecule has 3 aromatic rings. The van der Waals surface area contributed by atoms with Crippen LogP contribution in [0.1, 0.15) is 18.7 Å². The van der Waals surface area contributed by atoms with Crippen LogP contribution in [-0.2, 0) is 6.54 Å². The molecular weight excluding hydrogens is 335 g/mol. The van der Waals surface area contributed by atoms with Crippen molar-refractivity contribution in [2.75, 3.05) is 23.3 Å². The Labute approximate surface area is 149 Å². The van der Waals surface area contributed by atoms with Gasteiger partial charge in [-0.3, -0.25) is 4.40 Å². The van der Waals surface area contributed by atoms with Gasteiger partial charge >= 0.3 is 6.03 Å². The molecule has 1 aliphatic heterocycles. The molecule has 4 rings (SSSR count). The van der Waals surface area contributed by atoms with E-state index in [4.69, 9.17) is 0 Å². The molecule has 1 aromatic carbocycles. The van der Waals surface area contributed by atoms with Gasteiger partial charge in [-0.05, 0) is 43.2 Å². The van der Waals surface area contributed by atoms with E-state index in [1.54, 1.807) is 16.5 Å². The maximum atomic E-state index is 14.3. The van der Waals surface area contributed by atoms with Crippen molar-refractivity contribution in [2.24, 2.45) is 0 Å². The summed E-state index contributed by atoms with van der Waals surface area (Å²) in [5.74, 6) is 0.291. The van der Waals surface area contributed by atoms with Crippen LogP contribution in [0, 0.1) is 5.82 Å². The largest absolute Gasteiger partial charge is 0.369 e. The number of benzene rings is 1. The van der Waals surface area contributed by atoms with Gasteiger partial charge in [-0.2, -0.15) is 0 Å². The Balaban J connectivity index is 1.38. The molecule has 0 radical (unpaired) electrons. The summed E-state index contributed by atoms with van der Waals surface area (Å²) in [6, 6.07) is 9.91. The first-order valence-corrected chi connectivity index (χ1v) is 8.59. The predicted molar refractivity (Wildman–Crippen MR) is 96.7 cm³/mol. The van der Waals surface area contributed by atoms with Crippen LogP contribution in [0.5, 0.6) is 0 Å². The van der Waals surface area contributed by atoms with Crippen LogP contribution in [0.3, 0.4) is 0 Å². The number of aromatic nitrogens is 3. The summed E-state index contributed by atoms with van der Waals surface area (Å²) < 4.78 is 16.1. The standard InChI is InChI=1S/C18H19FN6O/c19-14-11-13(6-7-15(14)24-8-3-4-9-24)21-18(26)20-12-17-23-22-16-5-1-2-10-25(16)17/h1-2,5-7,10-11H,3-4,8-9,12H2,(H2,20,21,26). The third-order valence-corrected chi connectivity index (χ3v) is 4.44. The Morgan fingerprint density at radius 1 is 1.15 bits per heavy atom. The summed E-state index contributed by atoms with van der Waals surface area (Å²) in [6.07, 6.45) is 4.00. The first-order chi connectivity index (χ1) is 12.7. The average Bonchev–Trinajstić information content (AvgIpc) is 3.30. The molecule has 7 nitrogen and oxygen atoms in total. The van der Waals surface area contributed by atoms with E-state index in [0.717, 1.165) is 25.9 Å². The van der Waals surface area contributed by atoms with Crippen LogP contribution in [0.25, 0.3) is 5.65 Å². The molecule has 1 fully saturated rings. The fourth-order valence-corrected chi connectivity index (χ4v) is 3.15. The average molecular weight is 354 g/mol. The molecule has 26 heavy (non-hydrogen) atoms. The van der Waals surface area contributed by atoms with Crippen molar-refractivity contribution in [1.29, 1.82) is 0 Å². The second-order valence-electron chi connectivity index (χ2n) is 6.21. The van der Waals surface area contributed by atoms with Crippen LogP contribution in [0.4, 0.5) is 20.6 Å². The van der Waals surface area contributed by atoms with Crippen LogP contribution < -0.4 is 15.5 Å². The Bertz CT molecular complexity index is 934. The minimum absolute atomic E-state index is 0.214. The van der Waals surface area contributed by atoms with Gasteiger partial charge in [-0.1, -0.05) is 6.07 Å². The molecule has 134 valence electrons. The number of nitrogens with one attached hydrogen (secondary N) is 2. The normalized spacial score (nSPS) is 14.0. The fraction of sp³-hybridized carbons (Fsp3) is 0.278. The topological polar surface area (TPSA) is 74.6 Å². The van der Waals surface area contributed by atoms with Crippen molar-refractivity contribution < 1.29 is 9.18 Å². The number of urea groups is 1. The number of carbonyl (C=O) groups excluding carboxylic acids is 1. The highest BCUT2D eigenvalue weighted by Gasteiger charge is 2.16. The van der Waals surface area contributed by atoms with E-state index >= 15 is 0 Å². The summed E-state index contributed by atoms with van der Waals surface area (Å²) in [7, 11) is 0.